The highest BCUT2D eigenvalue weighted by Gasteiger charge is 2.10. The number of rotatable bonds is 8. The second kappa shape index (κ2) is 9.13. The zero-order chi connectivity index (χ0) is 14.8. The Morgan fingerprint density at radius 3 is 1.45 bits per heavy atom. The van der Waals surface area contributed by atoms with Crippen LogP contribution in [0.5, 0.6) is 0 Å². The van der Waals surface area contributed by atoms with E-state index in [1.54, 1.807) is 24.3 Å². The minimum absolute atomic E-state index is 0.357. The molecule has 0 spiro atoms. The van der Waals surface area contributed by atoms with E-state index in [0.717, 1.165) is 25.7 Å². The Morgan fingerprint density at radius 1 is 0.800 bits per heavy atom. The smallest absolute Gasteiger partial charge is 0.338 e. The summed E-state index contributed by atoms with van der Waals surface area (Å²) >= 11 is 0. The van der Waals surface area contributed by atoms with Crippen LogP contribution < -0.4 is 0 Å². The fourth-order valence-electron chi connectivity index (χ4n) is 1.53. The van der Waals surface area contributed by atoms with E-state index in [1.807, 2.05) is 13.8 Å². The van der Waals surface area contributed by atoms with Crippen molar-refractivity contribution in [2.75, 3.05) is 13.2 Å². The Bertz CT molecular complexity index is 382. The monoisotopic (exact) mass is 278 g/mol. The van der Waals surface area contributed by atoms with Gasteiger partial charge in [0.15, 0.2) is 0 Å². The summed E-state index contributed by atoms with van der Waals surface area (Å²) in [6, 6.07) is 6.35. The maximum atomic E-state index is 11.7. The Morgan fingerprint density at radius 2 is 1.15 bits per heavy atom. The summed E-state index contributed by atoms with van der Waals surface area (Å²) in [5, 5.41) is 0. The van der Waals surface area contributed by atoms with Crippen LogP contribution in [0.3, 0.4) is 0 Å². The van der Waals surface area contributed by atoms with Gasteiger partial charge in [0.1, 0.15) is 0 Å². The standard InChI is InChI=1S/C16H22O4/c1-3-5-11-19-15(17)13-7-9-14(10-8-13)16(18)20-12-6-4-2/h7-10H,3-6,11-12H2,1-2H3. The molecule has 0 aromatic heterocycles. The summed E-state index contributed by atoms with van der Waals surface area (Å²) in [5.74, 6) is -0.714. The number of benzene rings is 1. The van der Waals surface area contributed by atoms with Crippen molar-refractivity contribution < 1.29 is 19.1 Å². The average Bonchev–Trinajstić information content (AvgIpc) is 2.47. The van der Waals surface area contributed by atoms with Gasteiger partial charge in [0.05, 0.1) is 24.3 Å². The first kappa shape index (κ1) is 16.2. The van der Waals surface area contributed by atoms with Crippen molar-refractivity contribution in [2.24, 2.45) is 0 Å². The highest BCUT2D eigenvalue weighted by atomic mass is 16.5. The van der Waals surface area contributed by atoms with Crippen LogP contribution >= 0.6 is 0 Å². The predicted octanol–water partition coefficient (Wildman–Crippen LogP) is 3.60. The number of carbonyl (C=O) groups excluding carboxylic acids is 2. The lowest BCUT2D eigenvalue weighted by atomic mass is 10.1. The second-order valence-corrected chi connectivity index (χ2v) is 4.56. The molecule has 0 N–H and O–H groups in total. The summed E-state index contributed by atoms with van der Waals surface area (Å²) in [4.78, 5) is 23.3. The molecule has 0 amide bonds. The van der Waals surface area contributed by atoms with Crippen molar-refractivity contribution in [2.45, 2.75) is 39.5 Å². The molecule has 110 valence electrons. The highest BCUT2D eigenvalue weighted by Crippen LogP contribution is 2.08. The minimum Gasteiger partial charge on any atom is -0.462 e. The third kappa shape index (κ3) is 5.43. The van der Waals surface area contributed by atoms with Gasteiger partial charge in [-0.2, -0.15) is 0 Å². The maximum Gasteiger partial charge on any atom is 0.338 e. The summed E-state index contributed by atoms with van der Waals surface area (Å²) < 4.78 is 10.2. The van der Waals surface area contributed by atoms with E-state index in [2.05, 4.69) is 0 Å². The van der Waals surface area contributed by atoms with Crippen molar-refractivity contribution in [1.82, 2.24) is 0 Å². The van der Waals surface area contributed by atoms with Crippen molar-refractivity contribution in [3.8, 4) is 0 Å². The van der Waals surface area contributed by atoms with Gasteiger partial charge < -0.3 is 9.47 Å². The lowest BCUT2D eigenvalue weighted by Crippen LogP contribution is -2.09. The first-order chi connectivity index (χ1) is 9.69. The molecule has 0 fully saturated rings. The summed E-state index contributed by atoms with van der Waals surface area (Å²) in [5.41, 5.74) is 0.900. The van der Waals surface area contributed by atoms with Gasteiger partial charge in [0.25, 0.3) is 0 Å². The number of hydrogen-bond acceptors (Lipinski definition) is 4. The zero-order valence-electron chi connectivity index (χ0n) is 12.2. The van der Waals surface area contributed by atoms with Gasteiger partial charge in [-0.3, -0.25) is 0 Å². The van der Waals surface area contributed by atoms with E-state index >= 15 is 0 Å². The molecule has 0 aliphatic carbocycles. The van der Waals surface area contributed by atoms with Crippen LogP contribution in [0.4, 0.5) is 0 Å². The van der Waals surface area contributed by atoms with Crippen LogP contribution in [0.15, 0.2) is 24.3 Å². The number of esters is 2. The summed E-state index contributed by atoms with van der Waals surface area (Å²) in [7, 11) is 0. The first-order valence-electron chi connectivity index (χ1n) is 7.13. The van der Waals surface area contributed by atoms with Crippen molar-refractivity contribution in [3.63, 3.8) is 0 Å². The summed E-state index contributed by atoms with van der Waals surface area (Å²) in [6.45, 7) is 4.92. The minimum atomic E-state index is -0.357. The number of unbranched alkanes of at least 4 members (excludes halogenated alkanes) is 2. The first-order valence-corrected chi connectivity index (χ1v) is 7.13. The third-order valence-electron chi connectivity index (χ3n) is 2.82. The van der Waals surface area contributed by atoms with Crippen LogP contribution in [-0.2, 0) is 9.47 Å². The van der Waals surface area contributed by atoms with Crippen LogP contribution in [0.2, 0.25) is 0 Å². The second-order valence-electron chi connectivity index (χ2n) is 4.56. The molecule has 4 heteroatoms. The predicted molar refractivity (Wildman–Crippen MR) is 76.8 cm³/mol. The largest absolute Gasteiger partial charge is 0.462 e. The molecule has 0 aliphatic heterocycles. The van der Waals surface area contributed by atoms with E-state index in [1.165, 1.54) is 0 Å². The Kier molecular flexibility index (Phi) is 7.40. The molecule has 0 unspecified atom stereocenters. The molecule has 0 heterocycles. The maximum absolute atomic E-state index is 11.7. The van der Waals surface area contributed by atoms with E-state index < -0.39 is 0 Å². The SMILES string of the molecule is CCCCOC(=O)c1ccc(C(=O)OCCCC)cc1. The molecule has 0 aliphatic rings. The lowest BCUT2D eigenvalue weighted by molar-refractivity contribution is 0.0485. The number of carbonyl (C=O) groups is 2. The van der Waals surface area contributed by atoms with Gasteiger partial charge in [0.2, 0.25) is 0 Å². The molecule has 0 saturated carbocycles. The fourth-order valence-corrected chi connectivity index (χ4v) is 1.53. The van der Waals surface area contributed by atoms with Gasteiger partial charge in [-0.05, 0) is 37.1 Å². The Hall–Kier alpha value is -1.84. The molecular formula is C16H22O4. The van der Waals surface area contributed by atoms with Gasteiger partial charge in [-0.25, -0.2) is 9.59 Å². The molecule has 1 rings (SSSR count). The Balaban J connectivity index is 2.50. The zero-order valence-corrected chi connectivity index (χ0v) is 12.2. The molecule has 0 radical (unpaired) electrons. The quantitative estimate of drug-likeness (QED) is 0.538. The van der Waals surface area contributed by atoms with E-state index in [9.17, 15) is 9.59 Å². The normalized spacial score (nSPS) is 10.1. The van der Waals surface area contributed by atoms with Crippen molar-refractivity contribution >= 4 is 11.9 Å². The fraction of sp³-hybridized carbons (Fsp3) is 0.500. The van der Waals surface area contributed by atoms with Crippen molar-refractivity contribution in [1.29, 1.82) is 0 Å². The van der Waals surface area contributed by atoms with E-state index in [4.69, 9.17) is 9.47 Å². The summed E-state index contributed by atoms with van der Waals surface area (Å²) in [6.07, 6.45) is 3.67. The number of ether oxygens (including phenoxy) is 2. The average molecular weight is 278 g/mol. The highest BCUT2D eigenvalue weighted by molar-refractivity contribution is 5.93. The Labute approximate surface area is 120 Å². The van der Waals surface area contributed by atoms with Crippen LogP contribution in [-0.4, -0.2) is 25.2 Å². The van der Waals surface area contributed by atoms with Crippen LogP contribution in [0.1, 0.15) is 60.2 Å². The molecule has 0 bridgehead atoms. The van der Waals surface area contributed by atoms with E-state index in [0.29, 0.717) is 24.3 Å². The third-order valence-corrected chi connectivity index (χ3v) is 2.82. The molecule has 1 aromatic carbocycles. The molecule has 0 saturated heterocycles. The molecule has 1 aromatic rings. The van der Waals surface area contributed by atoms with Gasteiger partial charge >= 0.3 is 11.9 Å². The molecule has 0 atom stereocenters. The topological polar surface area (TPSA) is 52.6 Å². The van der Waals surface area contributed by atoms with Crippen LogP contribution in [0, 0.1) is 0 Å². The molecular weight excluding hydrogens is 256 g/mol. The molecule has 4 nitrogen and oxygen atoms in total. The van der Waals surface area contributed by atoms with Gasteiger partial charge in [-0.15, -0.1) is 0 Å². The lowest BCUT2D eigenvalue weighted by Gasteiger charge is -2.06. The number of hydrogen-bond donors (Lipinski definition) is 0. The molecule has 20 heavy (non-hydrogen) atoms. The van der Waals surface area contributed by atoms with Crippen LogP contribution in [0.25, 0.3) is 0 Å². The van der Waals surface area contributed by atoms with Crippen molar-refractivity contribution in [3.05, 3.63) is 35.4 Å². The van der Waals surface area contributed by atoms with Gasteiger partial charge in [0, 0.05) is 0 Å². The van der Waals surface area contributed by atoms with Gasteiger partial charge in [-0.1, -0.05) is 26.7 Å². The van der Waals surface area contributed by atoms with E-state index in [-0.39, 0.29) is 11.9 Å².